The van der Waals surface area contributed by atoms with Gasteiger partial charge in [0.1, 0.15) is 18.8 Å². The van der Waals surface area contributed by atoms with Crippen molar-refractivity contribution >= 4 is 18.0 Å². The van der Waals surface area contributed by atoms with E-state index in [1.165, 1.54) is 4.90 Å². The van der Waals surface area contributed by atoms with Gasteiger partial charge in [-0.3, -0.25) is 14.5 Å². The van der Waals surface area contributed by atoms with Crippen molar-refractivity contribution in [2.45, 2.75) is 51.6 Å². The lowest BCUT2D eigenvalue weighted by Crippen LogP contribution is -2.37. The summed E-state index contributed by atoms with van der Waals surface area (Å²) in [5.74, 6) is -1.52. The van der Waals surface area contributed by atoms with Crippen LogP contribution in [0.1, 0.15) is 57.1 Å². The Kier molecular flexibility index (Phi) is 7.74. The van der Waals surface area contributed by atoms with Crippen molar-refractivity contribution in [3.63, 3.8) is 0 Å². The highest BCUT2D eigenvalue weighted by Crippen LogP contribution is 2.44. The molecule has 2 aromatic rings. The van der Waals surface area contributed by atoms with Gasteiger partial charge in [-0.1, -0.05) is 48.5 Å². The number of aliphatic carboxylic acids is 1. The monoisotopic (exact) mass is 453 g/mol. The van der Waals surface area contributed by atoms with Gasteiger partial charge in [-0.2, -0.15) is 0 Å². The van der Waals surface area contributed by atoms with Crippen molar-refractivity contribution in [3.8, 4) is 11.1 Å². The molecule has 1 aliphatic carbocycles. The molecule has 0 atom stereocenters. The topological polar surface area (TPSA) is 93.1 Å². The lowest BCUT2D eigenvalue weighted by molar-refractivity contribution is -0.155. The molecule has 0 saturated carbocycles. The van der Waals surface area contributed by atoms with E-state index in [4.69, 9.17) is 9.47 Å². The number of rotatable bonds is 9. The molecule has 3 rings (SSSR count). The highest BCUT2D eigenvalue weighted by molar-refractivity contribution is 5.79. The van der Waals surface area contributed by atoms with Gasteiger partial charge in [0.2, 0.25) is 0 Å². The van der Waals surface area contributed by atoms with Crippen LogP contribution in [0, 0.1) is 0 Å². The highest BCUT2D eigenvalue weighted by Gasteiger charge is 2.30. The Labute approximate surface area is 194 Å². The van der Waals surface area contributed by atoms with Gasteiger partial charge in [0, 0.05) is 18.9 Å². The summed E-state index contributed by atoms with van der Waals surface area (Å²) in [6, 6.07) is 16.0. The average molecular weight is 454 g/mol. The van der Waals surface area contributed by atoms with Gasteiger partial charge < -0.3 is 14.6 Å². The summed E-state index contributed by atoms with van der Waals surface area (Å²) < 4.78 is 10.9. The summed E-state index contributed by atoms with van der Waals surface area (Å²) in [5, 5.41) is 9.22. The van der Waals surface area contributed by atoms with Crippen molar-refractivity contribution in [1.29, 1.82) is 0 Å². The maximum absolute atomic E-state index is 12.7. The normalized spacial score (nSPS) is 12.6. The zero-order valence-electron chi connectivity index (χ0n) is 19.4. The SMILES string of the molecule is CC(C)(C)OC(=O)CCCCN(CC(=O)O)C(=O)OCC1c2ccccc2-c2ccccc21. The Hall–Kier alpha value is -3.35. The van der Waals surface area contributed by atoms with E-state index >= 15 is 0 Å². The van der Waals surface area contributed by atoms with Crippen molar-refractivity contribution < 1.29 is 29.0 Å². The molecule has 1 N–H and O–H groups in total. The van der Waals surface area contributed by atoms with E-state index < -0.39 is 24.2 Å². The Morgan fingerprint density at radius 3 is 2.06 bits per heavy atom. The smallest absolute Gasteiger partial charge is 0.410 e. The standard InChI is InChI=1S/C26H31NO6/c1-26(2,3)33-24(30)14-8-9-15-27(16-23(28)29)25(31)32-17-22-20-12-6-4-10-18(20)19-11-5-7-13-21(19)22/h4-7,10-13,22H,8-9,14-17H2,1-3H3,(H,28,29). The number of carboxylic acid groups (broad SMARTS) is 1. The first-order valence-corrected chi connectivity index (χ1v) is 11.2. The van der Waals surface area contributed by atoms with Crippen LogP contribution in [-0.2, 0) is 19.1 Å². The van der Waals surface area contributed by atoms with Crippen molar-refractivity contribution in [1.82, 2.24) is 4.90 Å². The Morgan fingerprint density at radius 2 is 1.52 bits per heavy atom. The van der Waals surface area contributed by atoms with Gasteiger partial charge in [0.15, 0.2) is 0 Å². The van der Waals surface area contributed by atoms with Crippen LogP contribution in [0.5, 0.6) is 0 Å². The predicted octanol–water partition coefficient (Wildman–Crippen LogP) is 4.83. The Bertz CT molecular complexity index is 964. The maximum Gasteiger partial charge on any atom is 0.410 e. The quantitative estimate of drug-likeness (QED) is 0.432. The second kappa shape index (κ2) is 10.5. The molecule has 0 spiro atoms. The molecule has 0 aliphatic heterocycles. The number of esters is 1. The van der Waals surface area contributed by atoms with Gasteiger partial charge in [0.25, 0.3) is 0 Å². The highest BCUT2D eigenvalue weighted by atomic mass is 16.6. The molecule has 1 amide bonds. The summed E-state index contributed by atoms with van der Waals surface area (Å²) in [4.78, 5) is 37.0. The van der Waals surface area contributed by atoms with Gasteiger partial charge in [-0.15, -0.1) is 0 Å². The molecule has 0 unspecified atom stereocenters. The number of ether oxygens (including phenoxy) is 2. The molecule has 7 nitrogen and oxygen atoms in total. The fourth-order valence-corrected chi connectivity index (χ4v) is 4.05. The first kappa shape index (κ1) is 24.3. The Balaban J connectivity index is 1.57. The van der Waals surface area contributed by atoms with E-state index in [-0.39, 0.29) is 31.5 Å². The lowest BCUT2D eigenvalue weighted by atomic mass is 9.98. The fourth-order valence-electron chi connectivity index (χ4n) is 4.05. The number of unbranched alkanes of at least 4 members (excludes halogenated alkanes) is 1. The molecule has 0 bridgehead atoms. The number of hydrogen-bond acceptors (Lipinski definition) is 5. The molecular weight excluding hydrogens is 422 g/mol. The van der Waals surface area contributed by atoms with Crippen LogP contribution < -0.4 is 0 Å². The fraction of sp³-hybridized carbons (Fsp3) is 0.423. The molecule has 1 aliphatic rings. The number of hydrogen-bond donors (Lipinski definition) is 1. The third kappa shape index (κ3) is 6.57. The van der Waals surface area contributed by atoms with Crippen LogP contribution in [0.3, 0.4) is 0 Å². The van der Waals surface area contributed by atoms with Crippen LogP contribution in [0.15, 0.2) is 48.5 Å². The van der Waals surface area contributed by atoms with Crippen molar-refractivity contribution in [2.24, 2.45) is 0 Å². The number of carbonyl (C=O) groups is 3. The molecule has 2 aromatic carbocycles. The first-order chi connectivity index (χ1) is 15.7. The molecule has 176 valence electrons. The second-order valence-corrected chi connectivity index (χ2v) is 9.16. The Morgan fingerprint density at radius 1 is 0.939 bits per heavy atom. The minimum atomic E-state index is -1.12. The largest absolute Gasteiger partial charge is 0.480 e. The van der Waals surface area contributed by atoms with Gasteiger partial charge in [0.05, 0.1) is 0 Å². The number of nitrogens with zero attached hydrogens (tertiary/aromatic N) is 1. The number of amides is 1. The molecular formula is C26H31NO6. The van der Waals surface area contributed by atoms with Gasteiger partial charge >= 0.3 is 18.0 Å². The summed E-state index contributed by atoms with van der Waals surface area (Å²) in [7, 11) is 0. The van der Waals surface area contributed by atoms with E-state index in [0.717, 1.165) is 22.3 Å². The molecule has 0 radical (unpaired) electrons. The zero-order chi connectivity index (χ0) is 24.0. The van der Waals surface area contributed by atoms with Gasteiger partial charge in [-0.05, 0) is 55.9 Å². The minimum Gasteiger partial charge on any atom is -0.480 e. The number of fused-ring (bicyclic) bond motifs is 3. The second-order valence-electron chi connectivity index (χ2n) is 9.16. The third-order valence-corrected chi connectivity index (χ3v) is 5.40. The molecule has 0 aromatic heterocycles. The average Bonchev–Trinajstić information content (AvgIpc) is 3.06. The van der Waals surface area contributed by atoms with E-state index in [1.807, 2.05) is 36.4 Å². The van der Waals surface area contributed by atoms with Crippen molar-refractivity contribution in [2.75, 3.05) is 19.7 Å². The van der Waals surface area contributed by atoms with E-state index in [2.05, 4.69) is 12.1 Å². The number of benzene rings is 2. The predicted molar refractivity (Wildman–Crippen MR) is 124 cm³/mol. The summed E-state index contributed by atoms with van der Waals surface area (Å²) in [5.41, 5.74) is 3.88. The minimum absolute atomic E-state index is 0.0970. The van der Waals surface area contributed by atoms with Crippen LogP contribution in [-0.4, -0.2) is 53.3 Å². The molecule has 0 fully saturated rings. The molecule has 7 heteroatoms. The maximum atomic E-state index is 12.7. The summed E-state index contributed by atoms with van der Waals surface area (Å²) in [6.07, 6.45) is 0.498. The third-order valence-electron chi connectivity index (χ3n) is 5.40. The van der Waals surface area contributed by atoms with E-state index in [1.54, 1.807) is 20.8 Å². The molecule has 0 heterocycles. The number of carboxylic acids is 1. The summed E-state index contributed by atoms with van der Waals surface area (Å²) in [6.45, 7) is 5.26. The van der Waals surface area contributed by atoms with Crippen LogP contribution in [0.4, 0.5) is 4.79 Å². The van der Waals surface area contributed by atoms with E-state index in [9.17, 15) is 19.5 Å². The van der Waals surface area contributed by atoms with Crippen LogP contribution in [0.2, 0.25) is 0 Å². The summed E-state index contributed by atoms with van der Waals surface area (Å²) >= 11 is 0. The van der Waals surface area contributed by atoms with Crippen LogP contribution >= 0.6 is 0 Å². The van der Waals surface area contributed by atoms with Gasteiger partial charge in [-0.25, -0.2) is 4.79 Å². The first-order valence-electron chi connectivity index (χ1n) is 11.2. The lowest BCUT2D eigenvalue weighted by Gasteiger charge is -2.22. The zero-order valence-corrected chi connectivity index (χ0v) is 19.4. The number of carbonyl (C=O) groups excluding carboxylic acids is 2. The van der Waals surface area contributed by atoms with E-state index in [0.29, 0.717) is 12.8 Å². The van der Waals surface area contributed by atoms with Crippen molar-refractivity contribution in [3.05, 3.63) is 59.7 Å². The van der Waals surface area contributed by atoms with Crippen LogP contribution in [0.25, 0.3) is 11.1 Å². The molecule has 0 saturated heterocycles. The molecule has 33 heavy (non-hydrogen) atoms.